The molecule has 0 unspecified atom stereocenters. The first-order valence-electron chi connectivity index (χ1n) is 5.65. The van der Waals surface area contributed by atoms with Crippen LogP contribution in [-0.4, -0.2) is 30.0 Å². The molecule has 0 aromatic heterocycles. The van der Waals surface area contributed by atoms with Gasteiger partial charge >= 0.3 is 0 Å². The number of hydrogen-bond donors (Lipinski definition) is 1. The third-order valence-electron chi connectivity index (χ3n) is 3.01. The minimum atomic E-state index is 0.659. The van der Waals surface area contributed by atoms with Crippen LogP contribution >= 0.6 is 12.2 Å². The summed E-state index contributed by atoms with van der Waals surface area (Å²) in [5, 5.41) is 0. The summed E-state index contributed by atoms with van der Waals surface area (Å²) in [6.07, 6.45) is 7.60. The quantitative estimate of drug-likeness (QED) is 0.520. The zero-order valence-electron chi connectivity index (χ0n) is 9.17. The maximum absolute atomic E-state index is 5.44. The van der Waals surface area contributed by atoms with Crippen molar-refractivity contribution in [2.24, 2.45) is 11.7 Å². The van der Waals surface area contributed by atoms with Crippen LogP contribution in [0.15, 0.2) is 0 Å². The van der Waals surface area contributed by atoms with Gasteiger partial charge in [-0.25, -0.2) is 0 Å². The van der Waals surface area contributed by atoms with E-state index < -0.39 is 0 Å². The van der Waals surface area contributed by atoms with E-state index in [4.69, 9.17) is 18.0 Å². The van der Waals surface area contributed by atoms with E-state index in [0.29, 0.717) is 4.99 Å². The maximum atomic E-state index is 5.44. The molecule has 0 aromatic carbocycles. The zero-order valence-corrected chi connectivity index (χ0v) is 9.98. The van der Waals surface area contributed by atoms with Crippen LogP contribution in [0.1, 0.15) is 38.5 Å². The Morgan fingerprint density at radius 3 is 2.64 bits per heavy atom. The molecule has 0 spiro atoms. The van der Waals surface area contributed by atoms with Crippen LogP contribution in [0, 0.1) is 5.92 Å². The molecule has 2 nitrogen and oxygen atoms in total. The Morgan fingerprint density at radius 1 is 1.43 bits per heavy atom. The number of rotatable bonds is 7. The van der Waals surface area contributed by atoms with Crippen molar-refractivity contribution in [3.05, 3.63) is 0 Å². The molecule has 1 saturated carbocycles. The van der Waals surface area contributed by atoms with Gasteiger partial charge in [0.15, 0.2) is 0 Å². The van der Waals surface area contributed by atoms with E-state index in [9.17, 15) is 0 Å². The van der Waals surface area contributed by atoms with Gasteiger partial charge in [0.05, 0.1) is 4.99 Å². The highest BCUT2D eigenvalue weighted by molar-refractivity contribution is 7.80. The molecule has 1 aliphatic rings. The summed E-state index contributed by atoms with van der Waals surface area (Å²) < 4.78 is 0. The SMILES string of the molecule is CN(CCCCC(N)=S)CC1CCC1. The topological polar surface area (TPSA) is 29.3 Å². The summed E-state index contributed by atoms with van der Waals surface area (Å²) in [6, 6.07) is 0. The Bertz CT molecular complexity index is 178. The predicted molar refractivity (Wildman–Crippen MR) is 65.5 cm³/mol. The van der Waals surface area contributed by atoms with Crippen molar-refractivity contribution in [1.29, 1.82) is 0 Å². The Labute approximate surface area is 92.8 Å². The number of hydrogen-bond acceptors (Lipinski definition) is 2. The third-order valence-corrected chi connectivity index (χ3v) is 3.21. The maximum Gasteiger partial charge on any atom is 0.0727 e. The van der Waals surface area contributed by atoms with Crippen molar-refractivity contribution in [2.75, 3.05) is 20.1 Å². The summed E-state index contributed by atoms with van der Waals surface area (Å²) in [7, 11) is 2.22. The number of unbranched alkanes of at least 4 members (excludes halogenated alkanes) is 1. The van der Waals surface area contributed by atoms with Gasteiger partial charge in [-0.15, -0.1) is 0 Å². The van der Waals surface area contributed by atoms with E-state index in [0.717, 1.165) is 18.8 Å². The fourth-order valence-corrected chi connectivity index (χ4v) is 2.03. The Balaban J connectivity index is 1.91. The average molecular weight is 214 g/mol. The fraction of sp³-hybridized carbons (Fsp3) is 0.909. The van der Waals surface area contributed by atoms with Gasteiger partial charge in [0.25, 0.3) is 0 Å². The smallest absolute Gasteiger partial charge is 0.0727 e. The predicted octanol–water partition coefficient (Wildman–Crippen LogP) is 2.17. The second-order valence-electron chi connectivity index (χ2n) is 4.48. The Kier molecular flexibility index (Phi) is 5.41. The zero-order chi connectivity index (χ0) is 10.4. The largest absolute Gasteiger partial charge is 0.393 e. The number of thiocarbonyl (C=S) groups is 1. The summed E-state index contributed by atoms with van der Waals surface area (Å²) in [5.74, 6) is 0.982. The van der Waals surface area contributed by atoms with Gasteiger partial charge in [-0.2, -0.15) is 0 Å². The standard InChI is InChI=1S/C11H22N2S/c1-13(9-10-5-4-6-10)8-3-2-7-11(12)14/h10H,2-9H2,1H3,(H2,12,14). The van der Waals surface area contributed by atoms with Crippen molar-refractivity contribution >= 4 is 17.2 Å². The summed E-state index contributed by atoms with van der Waals surface area (Å²) >= 11 is 4.84. The van der Waals surface area contributed by atoms with Crippen LogP contribution in [0.3, 0.4) is 0 Å². The van der Waals surface area contributed by atoms with Crippen molar-refractivity contribution in [3.8, 4) is 0 Å². The first-order valence-corrected chi connectivity index (χ1v) is 6.06. The molecule has 82 valence electrons. The number of nitrogens with zero attached hydrogens (tertiary/aromatic N) is 1. The molecule has 2 N–H and O–H groups in total. The molecule has 0 radical (unpaired) electrons. The Hall–Kier alpha value is -0.150. The van der Waals surface area contributed by atoms with Gasteiger partial charge in [-0.05, 0) is 51.6 Å². The van der Waals surface area contributed by atoms with Gasteiger partial charge in [0.1, 0.15) is 0 Å². The van der Waals surface area contributed by atoms with Crippen molar-refractivity contribution < 1.29 is 0 Å². The molecule has 3 heteroatoms. The van der Waals surface area contributed by atoms with Gasteiger partial charge in [0.2, 0.25) is 0 Å². The highest BCUT2D eigenvalue weighted by Crippen LogP contribution is 2.26. The highest BCUT2D eigenvalue weighted by Gasteiger charge is 2.18. The molecule has 1 rings (SSSR count). The molecule has 0 saturated heterocycles. The molecule has 0 aliphatic heterocycles. The minimum Gasteiger partial charge on any atom is -0.393 e. The molecule has 1 fully saturated rings. The van der Waals surface area contributed by atoms with Crippen LogP contribution in [0.4, 0.5) is 0 Å². The second-order valence-corrected chi connectivity index (χ2v) is 5.01. The molecule has 14 heavy (non-hydrogen) atoms. The summed E-state index contributed by atoms with van der Waals surface area (Å²) in [4.78, 5) is 3.11. The van der Waals surface area contributed by atoms with Gasteiger partial charge in [-0.3, -0.25) is 0 Å². The van der Waals surface area contributed by atoms with Crippen LogP contribution in [0.5, 0.6) is 0 Å². The van der Waals surface area contributed by atoms with Crippen molar-refractivity contribution in [3.63, 3.8) is 0 Å². The molecule has 0 atom stereocenters. The van der Waals surface area contributed by atoms with Crippen LogP contribution < -0.4 is 5.73 Å². The second kappa shape index (κ2) is 6.36. The molecule has 0 heterocycles. The first-order chi connectivity index (χ1) is 6.68. The molecule has 0 bridgehead atoms. The molecular formula is C11H22N2S. The summed E-state index contributed by atoms with van der Waals surface area (Å²) in [5.41, 5.74) is 5.44. The lowest BCUT2D eigenvalue weighted by Crippen LogP contribution is -2.30. The van der Waals surface area contributed by atoms with E-state index in [1.807, 2.05) is 0 Å². The van der Waals surface area contributed by atoms with Gasteiger partial charge < -0.3 is 10.6 Å². The van der Waals surface area contributed by atoms with Crippen molar-refractivity contribution in [2.45, 2.75) is 38.5 Å². The Morgan fingerprint density at radius 2 is 2.14 bits per heavy atom. The van der Waals surface area contributed by atoms with Crippen molar-refractivity contribution in [1.82, 2.24) is 4.90 Å². The van der Waals surface area contributed by atoms with E-state index >= 15 is 0 Å². The number of nitrogens with two attached hydrogens (primary N) is 1. The fourth-order valence-electron chi connectivity index (χ4n) is 1.89. The lowest BCUT2D eigenvalue weighted by atomic mass is 9.85. The van der Waals surface area contributed by atoms with Gasteiger partial charge in [0, 0.05) is 6.54 Å². The van der Waals surface area contributed by atoms with Crippen LogP contribution in [-0.2, 0) is 0 Å². The summed E-state index contributed by atoms with van der Waals surface area (Å²) in [6.45, 7) is 2.48. The van der Waals surface area contributed by atoms with Crippen LogP contribution in [0.25, 0.3) is 0 Å². The van der Waals surface area contributed by atoms with Crippen LogP contribution in [0.2, 0.25) is 0 Å². The lowest BCUT2D eigenvalue weighted by Gasteiger charge is -2.30. The third kappa shape index (κ3) is 4.91. The average Bonchev–Trinajstić information content (AvgIpc) is 2.05. The van der Waals surface area contributed by atoms with E-state index in [1.54, 1.807) is 0 Å². The van der Waals surface area contributed by atoms with E-state index in [-0.39, 0.29) is 0 Å². The highest BCUT2D eigenvalue weighted by atomic mass is 32.1. The first kappa shape index (κ1) is 11.9. The molecule has 0 aromatic rings. The van der Waals surface area contributed by atoms with Gasteiger partial charge in [-0.1, -0.05) is 18.6 Å². The monoisotopic (exact) mass is 214 g/mol. The molecule has 1 aliphatic carbocycles. The van der Waals surface area contributed by atoms with E-state index in [2.05, 4.69) is 11.9 Å². The van der Waals surface area contributed by atoms with E-state index in [1.165, 1.54) is 38.8 Å². The lowest BCUT2D eigenvalue weighted by molar-refractivity contribution is 0.203. The molecule has 0 amide bonds. The minimum absolute atomic E-state index is 0.659. The normalized spacial score (nSPS) is 17.0. The molecular weight excluding hydrogens is 192 g/mol.